The lowest BCUT2D eigenvalue weighted by atomic mass is 9.95. The van der Waals surface area contributed by atoms with Crippen LogP contribution in [0.15, 0.2) is 72.8 Å². The average molecular weight is 675 g/mol. The van der Waals surface area contributed by atoms with Crippen molar-refractivity contribution in [2.24, 2.45) is 0 Å². The Labute approximate surface area is 277 Å². The maximum absolute atomic E-state index is 14.0. The second kappa shape index (κ2) is 11.7. The summed E-state index contributed by atoms with van der Waals surface area (Å²) < 4.78 is 5.54. The van der Waals surface area contributed by atoms with Gasteiger partial charge in [-0.2, -0.15) is 0 Å². The fraction of sp³-hybridized carbons (Fsp3) is 0.206. The number of carbonyl (C=O) groups is 3. The topological polar surface area (TPSA) is 110 Å². The van der Waals surface area contributed by atoms with Gasteiger partial charge in [-0.05, 0) is 40.1 Å². The first-order chi connectivity index (χ1) is 22.2. The molecule has 0 spiro atoms. The number of nitro groups is 1. The van der Waals surface area contributed by atoms with Crippen LogP contribution in [0.1, 0.15) is 49.2 Å². The number of ether oxygens (including phenoxy) is 1. The molecule has 232 valence electrons. The first-order valence-electron chi connectivity index (χ1n) is 14.5. The van der Waals surface area contributed by atoms with Crippen molar-refractivity contribution in [1.82, 2.24) is 0 Å². The number of alkyl halides is 2. The Morgan fingerprint density at radius 3 is 1.78 bits per heavy atom. The number of halogens is 2. The summed E-state index contributed by atoms with van der Waals surface area (Å²) >= 11 is 13.8. The van der Waals surface area contributed by atoms with Crippen LogP contribution in [0.4, 0.5) is 17.1 Å². The van der Waals surface area contributed by atoms with Crippen molar-refractivity contribution in [3.05, 3.63) is 104 Å². The molecule has 0 fully saturated rings. The molecule has 46 heavy (non-hydrogen) atoms. The smallest absolute Gasteiger partial charge is 0.308 e. The van der Waals surface area contributed by atoms with Gasteiger partial charge in [-0.15, -0.1) is 34.5 Å². The quantitative estimate of drug-likeness (QED) is 0.0597. The van der Waals surface area contributed by atoms with Crippen molar-refractivity contribution >= 4 is 90.9 Å². The van der Waals surface area contributed by atoms with Crippen LogP contribution in [-0.2, 0) is 4.79 Å². The summed E-state index contributed by atoms with van der Waals surface area (Å²) in [5.41, 5.74) is 2.66. The van der Waals surface area contributed by atoms with E-state index in [0.717, 1.165) is 33.2 Å². The Balaban J connectivity index is 1.25. The van der Waals surface area contributed by atoms with E-state index in [0.29, 0.717) is 44.2 Å². The van der Waals surface area contributed by atoms with Gasteiger partial charge in [0.25, 0.3) is 17.5 Å². The molecule has 9 nitrogen and oxygen atoms in total. The molecule has 0 N–H and O–H groups in total. The van der Waals surface area contributed by atoms with Gasteiger partial charge in [0.05, 0.1) is 31.4 Å². The van der Waals surface area contributed by atoms with Crippen molar-refractivity contribution in [2.75, 3.05) is 34.6 Å². The summed E-state index contributed by atoms with van der Waals surface area (Å²) in [5.74, 6) is -0.685. The number of carbonyl (C=O) groups excluding carboxylic acids is 3. The molecule has 2 aliphatic rings. The minimum Gasteiger partial charge on any atom is -0.426 e. The zero-order chi connectivity index (χ0) is 32.3. The van der Waals surface area contributed by atoms with Crippen molar-refractivity contribution < 1.29 is 24.0 Å². The Hall–Kier alpha value is -4.51. The molecular formula is C34H25Cl2N3O6S. The van der Waals surface area contributed by atoms with E-state index in [4.69, 9.17) is 27.9 Å². The summed E-state index contributed by atoms with van der Waals surface area (Å²) in [5, 5.41) is 14.8. The molecule has 7 rings (SSSR count). The SMILES string of the molecule is CC(=O)Oc1cc2c(c3ccccc13)C(CCl)CN2C(=O)c1ccc(C(=O)N2CC(CCl)c3c2cc([N+](=O)[O-])c2ccccc32)s1. The third-order valence-corrected chi connectivity index (χ3v) is 10.4. The predicted octanol–water partition coefficient (Wildman–Crippen LogP) is 7.85. The van der Waals surface area contributed by atoms with Gasteiger partial charge >= 0.3 is 5.97 Å². The molecule has 4 aromatic carbocycles. The summed E-state index contributed by atoms with van der Waals surface area (Å²) in [4.78, 5) is 55.3. The van der Waals surface area contributed by atoms with E-state index < -0.39 is 10.9 Å². The Kier molecular flexibility index (Phi) is 7.67. The van der Waals surface area contributed by atoms with Gasteiger partial charge in [0.1, 0.15) is 5.75 Å². The van der Waals surface area contributed by atoms with Gasteiger partial charge in [-0.1, -0.05) is 42.5 Å². The highest BCUT2D eigenvalue weighted by atomic mass is 35.5. The van der Waals surface area contributed by atoms with Crippen molar-refractivity contribution in [1.29, 1.82) is 0 Å². The number of nitrogens with zero attached hydrogens (tertiary/aromatic N) is 3. The molecule has 0 saturated carbocycles. The predicted molar refractivity (Wildman–Crippen MR) is 180 cm³/mol. The highest BCUT2D eigenvalue weighted by Gasteiger charge is 2.39. The van der Waals surface area contributed by atoms with Crippen LogP contribution in [0, 0.1) is 10.1 Å². The molecule has 2 atom stereocenters. The molecule has 2 aliphatic heterocycles. The van der Waals surface area contributed by atoms with E-state index in [1.807, 2.05) is 36.4 Å². The van der Waals surface area contributed by atoms with Gasteiger partial charge in [-0.25, -0.2) is 0 Å². The second-order valence-corrected chi connectivity index (χ2v) is 13.0. The average Bonchev–Trinajstić information content (AvgIpc) is 3.79. The summed E-state index contributed by atoms with van der Waals surface area (Å²) in [6.45, 7) is 1.90. The van der Waals surface area contributed by atoms with Gasteiger partial charge in [0.15, 0.2) is 0 Å². The molecule has 12 heteroatoms. The van der Waals surface area contributed by atoms with Crippen LogP contribution >= 0.6 is 34.5 Å². The van der Waals surface area contributed by atoms with Crippen LogP contribution in [0.3, 0.4) is 0 Å². The minimum atomic E-state index is -0.477. The Bertz CT molecular complexity index is 2110. The van der Waals surface area contributed by atoms with Crippen LogP contribution in [-0.4, -0.2) is 47.6 Å². The molecule has 0 radical (unpaired) electrons. The number of non-ortho nitro benzene ring substituents is 1. The van der Waals surface area contributed by atoms with E-state index in [1.54, 1.807) is 35.2 Å². The zero-order valence-corrected chi connectivity index (χ0v) is 26.7. The number of anilines is 2. The molecule has 2 unspecified atom stereocenters. The standard InChI is InChI=1S/C34H25Cl2N3O6S/c1-18(40)45-28-13-27-32(24-9-5-3-7-22(24)28)20(15-36)17-38(27)34(42)30-11-10-29(46-30)33(41)37-16-19(14-35)31-23-8-4-2-6-21(23)25(39(43)44)12-26(31)37/h2-13,19-20H,14-17H2,1H3. The van der Waals surface area contributed by atoms with Crippen LogP contribution in [0.5, 0.6) is 5.75 Å². The number of hydrogen-bond acceptors (Lipinski definition) is 7. The minimum absolute atomic E-state index is 0.0911. The highest BCUT2D eigenvalue weighted by molar-refractivity contribution is 7.16. The van der Waals surface area contributed by atoms with Crippen molar-refractivity contribution in [3.8, 4) is 5.75 Å². The molecule has 3 heterocycles. The number of amides is 2. The van der Waals surface area contributed by atoms with Crippen LogP contribution in [0.2, 0.25) is 0 Å². The number of benzene rings is 4. The van der Waals surface area contributed by atoms with E-state index in [1.165, 1.54) is 17.9 Å². The molecular weight excluding hydrogens is 649 g/mol. The van der Waals surface area contributed by atoms with Crippen molar-refractivity contribution in [3.63, 3.8) is 0 Å². The lowest BCUT2D eigenvalue weighted by Gasteiger charge is -2.19. The second-order valence-electron chi connectivity index (χ2n) is 11.3. The molecule has 1 aromatic heterocycles. The molecule has 2 amide bonds. The molecule has 5 aromatic rings. The van der Waals surface area contributed by atoms with Crippen LogP contribution in [0.25, 0.3) is 21.5 Å². The number of hydrogen-bond donors (Lipinski definition) is 0. The van der Waals surface area contributed by atoms with Gasteiger partial charge in [0, 0.05) is 61.1 Å². The Morgan fingerprint density at radius 2 is 1.28 bits per heavy atom. The zero-order valence-electron chi connectivity index (χ0n) is 24.4. The van der Waals surface area contributed by atoms with E-state index >= 15 is 0 Å². The Morgan fingerprint density at radius 1 is 0.804 bits per heavy atom. The normalized spacial score (nSPS) is 16.9. The largest absolute Gasteiger partial charge is 0.426 e. The van der Waals surface area contributed by atoms with E-state index in [9.17, 15) is 24.5 Å². The first kappa shape index (κ1) is 30.2. The maximum atomic E-state index is 14.0. The van der Waals surface area contributed by atoms with Crippen molar-refractivity contribution in [2.45, 2.75) is 18.8 Å². The summed E-state index contributed by atoms with van der Waals surface area (Å²) in [6, 6.07) is 21.0. The van der Waals surface area contributed by atoms with Gasteiger partial charge < -0.3 is 14.5 Å². The summed E-state index contributed by atoms with van der Waals surface area (Å²) in [6.07, 6.45) is 0. The number of nitro benzene ring substituents is 1. The fourth-order valence-corrected chi connectivity index (χ4v) is 8.11. The number of thiophene rings is 1. The van der Waals surface area contributed by atoms with Crippen LogP contribution < -0.4 is 14.5 Å². The monoisotopic (exact) mass is 673 g/mol. The van der Waals surface area contributed by atoms with Gasteiger partial charge in [0.2, 0.25) is 0 Å². The molecule has 0 saturated heterocycles. The first-order valence-corrected chi connectivity index (χ1v) is 16.4. The third-order valence-electron chi connectivity index (χ3n) is 8.61. The lowest BCUT2D eigenvalue weighted by Crippen LogP contribution is -2.30. The lowest BCUT2D eigenvalue weighted by molar-refractivity contribution is -0.383. The maximum Gasteiger partial charge on any atom is 0.308 e. The number of fused-ring (bicyclic) bond motifs is 6. The number of rotatable bonds is 6. The third kappa shape index (κ3) is 4.79. The summed E-state index contributed by atoms with van der Waals surface area (Å²) in [7, 11) is 0. The van der Waals surface area contributed by atoms with E-state index in [-0.39, 0.29) is 47.6 Å². The molecule has 0 aliphatic carbocycles. The highest BCUT2D eigenvalue weighted by Crippen LogP contribution is 2.48. The van der Waals surface area contributed by atoms with Gasteiger partial charge in [-0.3, -0.25) is 24.5 Å². The van der Waals surface area contributed by atoms with E-state index in [2.05, 4.69) is 0 Å². The molecule has 0 bridgehead atoms. The fourth-order valence-electron chi connectivity index (χ4n) is 6.70. The number of esters is 1.